The monoisotopic (exact) mass is 212 g/mol. The molecular weight excluding hydrogens is 200 g/mol. The summed E-state index contributed by atoms with van der Waals surface area (Å²) in [6, 6.07) is 5.83. The van der Waals surface area contributed by atoms with E-state index < -0.39 is 0 Å². The van der Waals surface area contributed by atoms with E-state index in [1.54, 1.807) is 6.07 Å². The van der Waals surface area contributed by atoms with Crippen molar-refractivity contribution in [2.45, 2.75) is 31.4 Å². The lowest BCUT2D eigenvalue weighted by Crippen LogP contribution is -2.17. The first-order valence-corrected chi connectivity index (χ1v) is 5.19. The van der Waals surface area contributed by atoms with Crippen LogP contribution in [0.1, 0.15) is 19.3 Å². The highest BCUT2D eigenvalue weighted by atomic mass is 35.5. The molecule has 14 heavy (non-hydrogen) atoms. The summed E-state index contributed by atoms with van der Waals surface area (Å²) in [4.78, 5) is 4.13. The molecule has 0 spiro atoms. The molecule has 0 aliphatic heterocycles. The molecule has 1 aromatic heterocycles. The number of anilines is 1. The van der Waals surface area contributed by atoms with Crippen molar-refractivity contribution in [1.29, 1.82) is 0 Å². The molecule has 1 aliphatic carbocycles. The first kappa shape index (κ1) is 9.74. The molecule has 1 aliphatic rings. The summed E-state index contributed by atoms with van der Waals surface area (Å²) >= 11 is 5.76. The van der Waals surface area contributed by atoms with E-state index in [0.29, 0.717) is 11.2 Å². The largest absolute Gasteiger partial charge is 0.393 e. The number of aliphatic hydroxyl groups is 1. The van der Waals surface area contributed by atoms with E-state index in [-0.39, 0.29) is 6.10 Å². The molecule has 0 unspecified atom stereocenters. The fraction of sp³-hybridized carbons (Fsp3) is 0.500. The van der Waals surface area contributed by atoms with Crippen LogP contribution in [0.2, 0.25) is 5.15 Å². The fourth-order valence-electron chi connectivity index (χ4n) is 1.79. The maximum absolute atomic E-state index is 9.35. The normalized spacial score (nSPS) is 26.4. The molecular formula is C10H13ClN2O. The lowest BCUT2D eigenvalue weighted by atomic mass is 10.2. The maximum atomic E-state index is 9.35. The van der Waals surface area contributed by atoms with E-state index in [9.17, 15) is 5.11 Å². The SMILES string of the molecule is O[C@@H]1CC[C@H](Nc2cccc(Cl)n2)C1. The average molecular weight is 213 g/mol. The lowest BCUT2D eigenvalue weighted by Gasteiger charge is -2.12. The van der Waals surface area contributed by atoms with E-state index in [4.69, 9.17) is 11.6 Å². The van der Waals surface area contributed by atoms with Gasteiger partial charge in [-0.3, -0.25) is 0 Å². The number of rotatable bonds is 2. The van der Waals surface area contributed by atoms with Gasteiger partial charge in [-0.15, -0.1) is 0 Å². The third-order valence-corrected chi connectivity index (χ3v) is 2.68. The van der Waals surface area contributed by atoms with Crippen LogP contribution < -0.4 is 5.32 Å². The van der Waals surface area contributed by atoms with Crippen LogP contribution in [0.5, 0.6) is 0 Å². The van der Waals surface area contributed by atoms with Gasteiger partial charge in [0.15, 0.2) is 0 Å². The highest BCUT2D eigenvalue weighted by Gasteiger charge is 2.22. The molecule has 0 saturated heterocycles. The standard InChI is InChI=1S/C10H13ClN2O/c11-9-2-1-3-10(13-9)12-7-4-5-8(14)6-7/h1-3,7-8,14H,4-6H2,(H,12,13)/t7-,8+/m0/s1. The second kappa shape index (κ2) is 4.15. The fourth-order valence-corrected chi connectivity index (χ4v) is 1.95. The minimum Gasteiger partial charge on any atom is -0.393 e. The van der Waals surface area contributed by atoms with Crippen LogP contribution in [0.4, 0.5) is 5.82 Å². The van der Waals surface area contributed by atoms with Gasteiger partial charge in [0.1, 0.15) is 11.0 Å². The Kier molecular flexibility index (Phi) is 2.89. The average Bonchev–Trinajstić information content (AvgIpc) is 2.51. The summed E-state index contributed by atoms with van der Waals surface area (Å²) in [7, 11) is 0. The van der Waals surface area contributed by atoms with Crippen molar-refractivity contribution in [1.82, 2.24) is 4.98 Å². The second-order valence-electron chi connectivity index (χ2n) is 3.65. The topological polar surface area (TPSA) is 45.1 Å². The molecule has 2 N–H and O–H groups in total. The minimum absolute atomic E-state index is 0.160. The molecule has 1 aromatic rings. The summed E-state index contributed by atoms with van der Waals surface area (Å²) in [5, 5.41) is 13.1. The molecule has 2 rings (SSSR count). The summed E-state index contributed by atoms with van der Waals surface area (Å²) in [6.07, 6.45) is 2.51. The summed E-state index contributed by atoms with van der Waals surface area (Å²) in [5.74, 6) is 0.789. The van der Waals surface area contributed by atoms with Gasteiger partial charge >= 0.3 is 0 Å². The predicted octanol–water partition coefficient (Wildman–Crippen LogP) is 2.06. The van der Waals surface area contributed by atoms with Crippen molar-refractivity contribution in [2.24, 2.45) is 0 Å². The molecule has 3 nitrogen and oxygen atoms in total. The van der Waals surface area contributed by atoms with Crippen molar-refractivity contribution in [3.8, 4) is 0 Å². The van der Waals surface area contributed by atoms with Crippen LogP contribution in [0, 0.1) is 0 Å². The summed E-state index contributed by atoms with van der Waals surface area (Å²) in [5.41, 5.74) is 0. The molecule has 4 heteroatoms. The first-order chi connectivity index (χ1) is 6.74. The zero-order valence-electron chi connectivity index (χ0n) is 7.78. The molecule has 1 fully saturated rings. The van der Waals surface area contributed by atoms with Crippen LogP contribution in [0.25, 0.3) is 0 Å². The van der Waals surface area contributed by atoms with Gasteiger partial charge in [-0.25, -0.2) is 4.98 Å². The number of nitrogens with zero attached hydrogens (tertiary/aromatic N) is 1. The Morgan fingerprint density at radius 1 is 1.43 bits per heavy atom. The van der Waals surface area contributed by atoms with Gasteiger partial charge in [0.05, 0.1) is 6.10 Å². The molecule has 0 aromatic carbocycles. The van der Waals surface area contributed by atoms with E-state index >= 15 is 0 Å². The number of pyridine rings is 1. The van der Waals surface area contributed by atoms with Gasteiger partial charge in [-0.1, -0.05) is 17.7 Å². The minimum atomic E-state index is -0.160. The zero-order valence-corrected chi connectivity index (χ0v) is 8.54. The van der Waals surface area contributed by atoms with Crippen LogP contribution in [-0.4, -0.2) is 22.2 Å². The van der Waals surface area contributed by atoms with Gasteiger partial charge in [-0.05, 0) is 31.4 Å². The number of nitrogens with one attached hydrogen (secondary N) is 1. The highest BCUT2D eigenvalue weighted by Crippen LogP contribution is 2.22. The second-order valence-corrected chi connectivity index (χ2v) is 4.04. The predicted molar refractivity (Wildman–Crippen MR) is 56.5 cm³/mol. The number of hydrogen-bond donors (Lipinski definition) is 2. The third kappa shape index (κ3) is 2.36. The van der Waals surface area contributed by atoms with Crippen LogP contribution >= 0.6 is 11.6 Å². The molecule has 1 heterocycles. The Morgan fingerprint density at radius 3 is 2.93 bits per heavy atom. The smallest absolute Gasteiger partial charge is 0.131 e. The van der Waals surface area contributed by atoms with Crippen molar-refractivity contribution >= 4 is 17.4 Å². The Balaban J connectivity index is 1.97. The lowest BCUT2D eigenvalue weighted by molar-refractivity contribution is 0.182. The van der Waals surface area contributed by atoms with Crippen molar-refractivity contribution in [3.63, 3.8) is 0 Å². The summed E-state index contributed by atoms with van der Waals surface area (Å²) in [6.45, 7) is 0. The molecule has 0 amide bonds. The molecule has 0 bridgehead atoms. The van der Waals surface area contributed by atoms with E-state index in [0.717, 1.165) is 25.1 Å². The van der Waals surface area contributed by atoms with E-state index in [2.05, 4.69) is 10.3 Å². The molecule has 0 radical (unpaired) electrons. The van der Waals surface area contributed by atoms with Crippen LogP contribution in [0.15, 0.2) is 18.2 Å². The Hall–Kier alpha value is -0.800. The highest BCUT2D eigenvalue weighted by molar-refractivity contribution is 6.29. The summed E-state index contributed by atoms with van der Waals surface area (Å²) < 4.78 is 0. The Labute approximate surface area is 88.1 Å². The number of aromatic nitrogens is 1. The van der Waals surface area contributed by atoms with Gasteiger partial charge in [0, 0.05) is 6.04 Å². The van der Waals surface area contributed by atoms with Gasteiger partial charge < -0.3 is 10.4 Å². The number of halogens is 1. The van der Waals surface area contributed by atoms with E-state index in [1.165, 1.54) is 0 Å². The third-order valence-electron chi connectivity index (χ3n) is 2.47. The number of aliphatic hydroxyl groups excluding tert-OH is 1. The zero-order chi connectivity index (χ0) is 9.97. The Morgan fingerprint density at radius 2 is 2.29 bits per heavy atom. The maximum Gasteiger partial charge on any atom is 0.131 e. The quantitative estimate of drug-likeness (QED) is 0.738. The molecule has 2 atom stereocenters. The van der Waals surface area contributed by atoms with Crippen molar-refractivity contribution in [3.05, 3.63) is 23.4 Å². The first-order valence-electron chi connectivity index (χ1n) is 4.81. The van der Waals surface area contributed by atoms with Crippen molar-refractivity contribution in [2.75, 3.05) is 5.32 Å². The van der Waals surface area contributed by atoms with E-state index in [1.807, 2.05) is 12.1 Å². The van der Waals surface area contributed by atoms with Crippen LogP contribution in [-0.2, 0) is 0 Å². The number of hydrogen-bond acceptors (Lipinski definition) is 3. The molecule has 76 valence electrons. The van der Waals surface area contributed by atoms with Crippen molar-refractivity contribution < 1.29 is 5.11 Å². The molecule has 1 saturated carbocycles. The van der Waals surface area contributed by atoms with Gasteiger partial charge in [-0.2, -0.15) is 0 Å². The Bertz CT molecular complexity index is 319. The van der Waals surface area contributed by atoms with Crippen LogP contribution in [0.3, 0.4) is 0 Å². The van der Waals surface area contributed by atoms with Gasteiger partial charge in [0.25, 0.3) is 0 Å². The van der Waals surface area contributed by atoms with Gasteiger partial charge in [0.2, 0.25) is 0 Å².